The number of nitrogens with zero attached hydrogens (tertiary/aromatic N) is 6. The maximum Gasteiger partial charge on any atom is 0.314 e. The molecular formula is C25H28F2N6O3. The highest BCUT2D eigenvalue weighted by Gasteiger charge is 2.31. The average molecular weight is 499 g/mol. The van der Waals surface area contributed by atoms with E-state index in [0.29, 0.717) is 30.0 Å². The van der Waals surface area contributed by atoms with E-state index in [2.05, 4.69) is 32.0 Å². The Morgan fingerprint density at radius 3 is 2.50 bits per heavy atom. The molecule has 0 radical (unpaired) electrons. The number of piperidine rings is 1. The fraction of sp³-hybridized carbons (Fsp3) is 0.440. The number of aromatic nitrogens is 3. The van der Waals surface area contributed by atoms with Crippen LogP contribution in [0, 0.1) is 0 Å². The summed E-state index contributed by atoms with van der Waals surface area (Å²) < 4.78 is 35.8. The van der Waals surface area contributed by atoms with Crippen molar-refractivity contribution in [1.82, 2.24) is 20.1 Å². The third-order valence-electron chi connectivity index (χ3n) is 6.91. The van der Waals surface area contributed by atoms with Crippen LogP contribution in [0.2, 0.25) is 0 Å². The molecule has 2 aliphatic rings. The molecule has 0 bridgehead atoms. The van der Waals surface area contributed by atoms with Crippen molar-refractivity contribution in [2.75, 3.05) is 43.2 Å². The van der Waals surface area contributed by atoms with Crippen LogP contribution in [0.1, 0.15) is 30.7 Å². The van der Waals surface area contributed by atoms with Crippen LogP contribution in [0.25, 0.3) is 11.5 Å². The Balaban J connectivity index is 1.27. The average Bonchev–Trinajstić information content (AvgIpc) is 3.38. The van der Waals surface area contributed by atoms with E-state index in [1.54, 1.807) is 35.4 Å². The van der Waals surface area contributed by atoms with Crippen molar-refractivity contribution in [2.45, 2.75) is 37.9 Å². The molecule has 3 aromatic rings. The zero-order valence-corrected chi connectivity index (χ0v) is 20.0. The summed E-state index contributed by atoms with van der Waals surface area (Å²) in [5, 5.41) is 7.03. The Bertz CT molecular complexity index is 1160. The molecule has 2 fully saturated rings. The molecule has 5 rings (SSSR count). The molecule has 1 amide bonds. The number of carbonyl (C=O) groups excluding carboxylic acids is 1. The summed E-state index contributed by atoms with van der Waals surface area (Å²) in [6.45, 7) is 4.01. The highest BCUT2D eigenvalue weighted by molar-refractivity contribution is 5.81. The first-order chi connectivity index (χ1) is 17.5. The van der Waals surface area contributed by atoms with E-state index in [1.165, 1.54) is 0 Å². The third kappa shape index (κ3) is 5.07. The lowest BCUT2D eigenvalue weighted by atomic mass is 10.0. The zero-order chi connectivity index (χ0) is 25.1. The Morgan fingerprint density at radius 2 is 1.89 bits per heavy atom. The number of carbonyl (C=O) groups is 1. The number of rotatable bonds is 9. The van der Waals surface area contributed by atoms with Gasteiger partial charge in [0.1, 0.15) is 0 Å². The van der Waals surface area contributed by atoms with Gasteiger partial charge in [0, 0.05) is 37.9 Å². The third-order valence-corrected chi connectivity index (χ3v) is 6.91. The van der Waals surface area contributed by atoms with Gasteiger partial charge < -0.3 is 14.1 Å². The van der Waals surface area contributed by atoms with Crippen LogP contribution in [-0.4, -0.2) is 71.9 Å². The molecule has 2 saturated heterocycles. The van der Waals surface area contributed by atoms with Gasteiger partial charge in [0.2, 0.25) is 12.3 Å². The first kappa shape index (κ1) is 24.3. The molecule has 2 aliphatic heterocycles. The van der Waals surface area contributed by atoms with Crippen molar-refractivity contribution in [2.24, 2.45) is 0 Å². The van der Waals surface area contributed by atoms with Gasteiger partial charge in [-0.15, -0.1) is 10.2 Å². The quantitative estimate of drug-likeness (QED) is 0.414. The van der Waals surface area contributed by atoms with Crippen LogP contribution in [0.4, 0.5) is 20.3 Å². The Hall–Kier alpha value is -3.44. The van der Waals surface area contributed by atoms with Crippen molar-refractivity contribution in [3.8, 4) is 11.5 Å². The summed E-state index contributed by atoms with van der Waals surface area (Å²) in [4.78, 5) is 23.0. The van der Waals surface area contributed by atoms with Gasteiger partial charge in [-0.2, -0.15) is 8.78 Å². The lowest BCUT2D eigenvalue weighted by molar-refractivity contribution is -0.107. The minimum Gasteiger partial charge on any atom is -0.415 e. The molecule has 0 unspecified atom stereocenters. The number of hydrogen-bond acceptors (Lipinski definition) is 8. The van der Waals surface area contributed by atoms with E-state index in [9.17, 15) is 13.6 Å². The van der Waals surface area contributed by atoms with Gasteiger partial charge in [0.25, 0.3) is 5.89 Å². The first-order valence-corrected chi connectivity index (χ1v) is 12.0. The van der Waals surface area contributed by atoms with Crippen LogP contribution in [-0.2, 0) is 16.1 Å². The Labute approximate surface area is 207 Å². The fourth-order valence-corrected chi connectivity index (χ4v) is 4.71. The van der Waals surface area contributed by atoms with E-state index < -0.39 is 12.3 Å². The van der Waals surface area contributed by atoms with Crippen molar-refractivity contribution >= 4 is 17.9 Å². The molecule has 1 aromatic carbocycles. The second-order valence-corrected chi connectivity index (χ2v) is 9.09. The van der Waals surface area contributed by atoms with Gasteiger partial charge >= 0.3 is 6.43 Å². The zero-order valence-electron chi connectivity index (χ0n) is 20.0. The molecule has 0 N–H and O–H groups in total. The number of alkyl halides is 2. The van der Waals surface area contributed by atoms with Gasteiger partial charge in [0.05, 0.1) is 31.5 Å². The predicted octanol–water partition coefficient (Wildman–Crippen LogP) is 3.53. The van der Waals surface area contributed by atoms with Crippen LogP contribution < -0.4 is 9.80 Å². The normalized spacial score (nSPS) is 17.2. The molecule has 0 aliphatic carbocycles. The first-order valence-electron chi connectivity index (χ1n) is 12.0. The maximum atomic E-state index is 12.7. The van der Waals surface area contributed by atoms with Gasteiger partial charge in [-0.25, -0.2) is 4.98 Å². The molecule has 0 saturated carbocycles. The highest BCUT2D eigenvalue weighted by atomic mass is 19.3. The standard InChI is InChI=1S/C25H28F2N6O3/c1-31(19-8-11-32(12-9-19)20-14-35-15-20)21-3-2-10-28-23(21)33(16-34)13-17-4-6-18(7-5-17)24-29-30-25(36-24)22(26)27/h2-7,10,16,19-20,22H,8-9,11-15H2,1H3. The largest absolute Gasteiger partial charge is 0.415 e. The van der Waals surface area contributed by atoms with Crippen molar-refractivity contribution in [3.63, 3.8) is 0 Å². The van der Waals surface area contributed by atoms with Crippen molar-refractivity contribution in [1.29, 1.82) is 0 Å². The molecule has 36 heavy (non-hydrogen) atoms. The SMILES string of the molecule is CN(c1cccnc1N(C=O)Cc1ccc(-c2nnc(C(F)F)o2)cc1)C1CCN(C2COC2)CC1. The number of likely N-dealkylation sites (tertiary alicyclic amines) is 1. The predicted molar refractivity (Wildman–Crippen MR) is 129 cm³/mol. The van der Waals surface area contributed by atoms with Crippen molar-refractivity contribution in [3.05, 3.63) is 54.0 Å². The lowest BCUT2D eigenvalue weighted by Gasteiger charge is -2.44. The number of benzene rings is 1. The lowest BCUT2D eigenvalue weighted by Crippen LogP contribution is -2.54. The smallest absolute Gasteiger partial charge is 0.314 e. The minimum absolute atomic E-state index is 0.0219. The van der Waals surface area contributed by atoms with Crippen molar-refractivity contribution < 1.29 is 22.7 Å². The molecule has 9 nitrogen and oxygen atoms in total. The minimum atomic E-state index is -2.82. The highest BCUT2D eigenvalue weighted by Crippen LogP contribution is 2.31. The molecule has 2 aromatic heterocycles. The van der Waals surface area contributed by atoms with E-state index in [-0.39, 0.29) is 5.89 Å². The van der Waals surface area contributed by atoms with E-state index in [0.717, 1.165) is 56.8 Å². The molecule has 0 atom stereocenters. The summed E-state index contributed by atoms with van der Waals surface area (Å²) >= 11 is 0. The summed E-state index contributed by atoms with van der Waals surface area (Å²) in [5.74, 6) is -0.100. The number of hydrogen-bond donors (Lipinski definition) is 0. The molecule has 11 heteroatoms. The van der Waals surface area contributed by atoms with E-state index >= 15 is 0 Å². The summed E-state index contributed by atoms with van der Waals surface area (Å²) in [6, 6.07) is 11.8. The molecule has 0 spiro atoms. The summed E-state index contributed by atoms with van der Waals surface area (Å²) in [6.07, 6.45) is 1.71. The number of ether oxygens (including phenoxy) is 1. The van der Waals surface area contributed by atoms with Gasteiger partial charge in [-0.1, -0.05) is 12.1 Å². The van der Waals surface area contributed by atoms with Gasteiger partial charge in [-0.3, -0.25) is 14.6 Å². The number of halogens is 2. The number of anilines is 2. The molecule has 4 heterocycles. The number of amides is 1. The van der Waals surface area contributed by atoms with Gasteiger partial charge in [0.15, 0.2) is 5.82 Å². The van der Waals surface area contributed by atoms with E-state index in [1.807, 2.05) is 12.1 Å². The second-order valence-electron chi connectivity index (χ2n) is 9.09. The second kappa shape index (κ2) is 10.7. The maximum absolute atomic E-state index is 12.7. The van der Waals surface area contributed by atoms with Gasteiger partial charge in [-0.05, 0) is 42.7 Å². The Kier molecular flexibility index (Phi) is 7.19. The van der Waals surface area contributed by atoms with Crippen LogP contribution >= 0.6 is 0 Å². The molecule has 190 valence electrons. The number of pyridine rings is 1. The molecular weight excluding hydrogens is 470 g/mol. The van der Waals surface area contributed by atoms with Crippen LogP contribution in [0.15, 0.2) is 47.0 Å². The monoisotopic (exact) mass is 498 g/mol. The fourth-order valence-electron chi connectivity index (χ4n) is 4.71. The summed E-state index contributed by atoms with van der Waals surface area (Å²) in [7, 11) is 2.06. The Morgan fingerprint density at radius 1 is 1.14 bits per heavy atom. The summed E-state index contributed by atoms with van der Waals surface area (Å²) in [5.41, 5.74) is 2.26. The van der Waals surface area contributed by atoms with E-state index in [4.69, 9.17) is 9.15 Å². The van der Waals surface area contributed by atoms with Crippen LogP contribution in [0.3, 0.4) is 0 Å². The topological polar surface area (TPSA) is 87.8 Å². The van der Waals surface area contributed by atoms with Crippen LogP contribution in [0.5, 0.6) is 0 Å².